The SMILES string of the molecule is CC(O)C(=O)O.Cc1c(/C=C2\C(=O)Nc3ccc(F)cc32)[nH]c2c1C(=O)N(CC(O)CN1CCOCC1)CCC2. The maximum Gasteiger partial charge on any atom is 0.332 e. The zero-order valence-electron chi connectivity index (χ0n) is 22.6. The lowest BCUT2D eigenvalue weighted by Gasteiger charge is -2.31. The lowest BCUT2D eigenvalue weighted by atomic mass is 10.0. The standard InChI is InChI=1S/C25H29FN4O4.C3H6O3/c1-15-22(12-19-18-11-16(26)4-5-20(18)28-24(19)32)27-21-3-2-6-30(25(33)23(15)21)14-17(31)13-29-7-9-34-10-8-29;1-2(4)3(5)6/h4-5,11-12,17,27,31H,2-3,6-10,13-14H2,1H3,(H,28,32);2,4H,1H3,(H,5,6)/b19-12-;. The Morgan fingerprint density at radius 1 is 1.18 bits per heavy atom. The van der Waals surface area contributed by atoms with Gasteiger partial charge >= 0.3 is 5.97 Å². The molecule has 40 heavy (non-hydrogen) atoms. The lowest BCUT2D eigenvalue weighted by Crippen LogP contribution is -2.46. The first-order valence-corrected chi connectivity index (χ1v) is 13.3. The van der Waals surface area contributed by atoms with Crippen LogP contribution in [0.2, 0.25) is 0 Å². The van der Waals surface area contributed by atoms with Crippen molar-refractivity contribution in [2.24, 2.45) is 0 Å². The highest BCUT2D eigenvalue weighted by Gasteiger charge is 2.30. The Hall–Kier alpha value is -3.58. The number of anilines is 1. The number of H-pyrrole nitrogens is 1. The summed E-state index contributed by atoms with van der Waals surface area (Å²) in [5.41, 5.74) is 4.28. The highest BCUT2D eigenvalue weighted by atomic mass is 19.1. The minimum absolute atomic E-state index is 0.116. The van der Waals surface area contributed by atoms with E-state index in [4.69, 9.17) is 14.9 Å². The van der Waals surface area contributed by atoms with Crippen molar-refractivity contribution in [1.82, 2.24) is 14.8 Å². The van der Waals surface area contributed by atoms with Crippen LogP contribution >= 0.6 is 0 Å². The molecule has 1 saturated heterocycles. The third kappa shape index (κ3) is 6.76. The van der Waals surface area contributed by atoms with E-state index in [0.29, 0.717) is 60.8 Å². The minimum atomic E-state index is -1.23. The number of hydrogen-bond acceptors (Lipinski definition) is 7. The number of amides is 2. The molecule has 2 amide bonds. The maximum absolute atomic E-state index is 13.8. The minimum Gasteiger partial charge on any atom is -0.479 e. The Labute approximate surface area is 231 Å². The number of ether oxygens (including phenoxy) is 1. The summed E-state index contributed by atoms with van der Waals surface area (Å²) in [6, 6.07) is 4.19. The largest absolute Gasteiger partial charge is 0.479 e. The van der Waals surface area contributed by atoms with Crippen molar-refractivity contribution in [3.8, 4) is 0 Å². The number of aliphatic hydroxyl groups excluding tert-OH is 2. The molecule has 5 N–H and O–H groups in total. The first-order chi connectivity index (χ1) is 19.0. The van der Waals surface area contributed by atoms with Crippen LogP contribution in [0.5, 0.6) is 0 Å². The number of aliphatic hydroxyl groups is 2. The van der Waals surface area contributed by atoms with E-state index in [2.05, 4.69) is 15.2 Å². The van der Waals surface area contributed by atoms with Gasteiger partial charge in [0.15, 0.2) is 0 Å². The summed E-state index contributed by atoms with van der Waals surface area (Å²) in [6.07, 6.45) is 1.28. The van der Waals surface area contributed by atoms with Crippen LogP contribution in [0.3, 0.4) is 0 Å². The van der Waals surface area contributed by atoms with E-state index in [1.54, 1.807) is 17.0 Å². The topological polar surface area (TPSA) is 155 Å². The number of β-amino-alcohol motifs (C(OH)–C–C–N with tert-alkyl or cyclic N) is 1. The van der Waals surface area contributed by atoms with Gasteiger partial charge in [-0.2, -0.15) is 0 Å². The van der Waals surface area contributed by atoms with Gasteiger partial charge in [0.25, 0.3) is 11.8 Å². The van der Waals surface area contributed by atoms with Crippen LogP contribution in [0.4, 0.5) is 10.1 Å². The van der Waals surface area contributed by atoms with Crippen LogP contribution < -0.4 is 5.32 Å². The summed E-state index contributed by atoms with van der Waals surface area (Å²) >= 11 is 0. The lowest BCUT2D eigenvalue weighted by molar-refractivity contribution is -0.145. The molecule has 3 aliphatic heterocycles. The Morgan fingerprint density at radius 3 is 2.55 bits per heavy atom. The third-order valence-corrected chi connectivity index (χ3v) is 7.14. The van der Waals surface area contributed by atoms with Gasteiger partial charge in [0.05, 0.1) is 30.5 Å². The van der Waals surface area contributed by atoms with Crippen molar-refractivity contribution in [3.05, 3.63) is 52.1 Å². The summed E-state index contributed by atoms with van der Waals surface area (Å²) in [7, 11) is 0. The van der Waals surface area contributed by atoms with Gasteiger partial charge in [0, 0.05) is 55.4 Å². The van der Waals surface area contributed by atoms with Crippen molar-refractivity contribution in [2.45, 2.75) is 38.9 Å². The smallest absolute Gasteiger partial charge is 0.332 e. The van der Waals surface area contributed by atoms with Crippen LogP contribution in [0, 0.1) is 12.7 Å². The van der Waals surface area contributed by atoms with Crippen LogP contribution in [0.25, 0.3) is 11.6 Å². The fraction of sp³-hybridized carbons (Fsp3) is 0.464. The first-order valence-electron chi connectivity index (χ1n) is 13.3. The quantitative estimate of drug-likeness (QED) is 0.334. The number of nitrogens with one attached hydrogen (secondary N) is 2. The molecule has 0 radical (unpaired) electrons. The van der Waals surface area contributed by atoms with Crippen molar-refractivity contribution in [3.63, 3.8) is 0 Å². The van der Waals surface area contributed by atoms with Gasteiger partial charge in [0.1, 0.15) is 11.9 Å². The van der Waals surface area contributed by atoms with Gasteiger partial charge in [-0.05, 0) is 56.5 Å². The molecular formula is C28H35FN4O7. The molecule has 1 aromatic heterocycles. The summed E-state index contributed by atoms with van der Waals surface area (Å²) in [6.45, 7) is 7.29. The van der Waals surface area contributed by atoms with Gasteiger partial charge in [-0.25, -0.2) is 9.18 Å². The number of carbonyl (C=O) groups excluding carboxylic acids is 2. The number of hydrogen-bond donors (Lipinski definition) is 5. The molecule has 0 bridgehead atoms. The fourth-order valence-corrected chi connectivity index (χ4v) is 5.02. The number of benzene rings is 1. The van der Waals surface area contributed by atoms with E-state index in [0.717, 1.165) is 30.8 Å². The molecule has 4 heterocycles. The second kappa shape index (κ2) is 12.7. The normalized spacial score (nSPS) is 19.7. The van der Waals surface area contributed by atoms with E-state index < -0.39 is 24.0 Å². The van der Waals surface area contributed by atoms with Crippen molar-refractivity contribution in [1.29, 1.82) is 0 Å². The number of carboxylic acids is 1. The number of carboxylic acid groups (broad SMARTS) is 1. The predicted octanol–water partition coefficient (Wildman–Crippen LogP) is 1.49. The van der Waals surface area contributed by atoms with Gasteiger partial charge in [-0.15, -0.1) is 0 Å². The van der Waals surface area contributed by atoms with Crippen LogP contribution in [-0.4, -0.2) is 106 Å². The molecule has 2 aromatic rings. The van der Waals surface area contributed by atoms with E-state index >= 15 is 0 Å². The van der Waals surface area contributed by atoms with E-state index in [1.807, 2.05) is 6.92 Å². The number of aryl methyl sites for hydroxylation is 1. The summed E-state index contributed by atoms with van der Waals surface area (Å²) < 4.78 is 19.2. The maximum atomic E-state index is 13.8. The molecule has 2 unspecified atom stereocenters. The molecule has 0 saturated carbocycles. The number of aliphatic carboxylic acids is 1. The fourth-order valence-electron chi connectivity index (χ4n) is 5.02. The zero-order chi connectivity index (χ0) is 29.0. The van der Waals surface area contributed by atoms with Gasteiger partial charge in [-0.1, -0.05) is 0 Å². The van der Waals surface area contributed by atoms with Crippen LogP contribution in [0.1, 0.15) is 46.2 Å². The molecule has 1 aromatic carbocycles. The van der Waals surface area contributed by atoms with E-state index in [-0.39, 0.29) is 18.4 Å². The number of aromatic nitrogens is 1. The number of halogens is 1. The molecule has 216 valence electrons. The number of morpholine rings is 1. The Balaban J connectivity index is 0.000000557. The van der Waals surface area contributed by atoms with Crippen LogP contribution in [-0.2, 0) is 20.7 Å². The van der Waals surface area contributed by atoms with Crippen molar-refractivity contribution in [2.75, 3.05) is 51.3 Å². The highest BCUT2D eigenvalue weighted by molar-refractivity contribution is 6.34. The molecule has 1 fully saturated rings. The molecule has 0 spiro atoms. The van der Waals surface area contributed by atoms with Crippen molar-refractivity contribution >= 4 is 35.1 Å². The Bertz CT molecular complexity index is 1300. The van der Waals surface area contributed by atoms with Crippen molar-refractivity contribution < 1.29 is 38.8 Å². The molecular weight excluding hydrogens is 523 g/mol. The number of nitrogens with zero attached hydrogens (tertiary/aromatic N) is 2. The first kappa shape index (κ1) is 29.4. The van der Waals surface area contributed by atoms with Gasteiger partial charge in [-0.3, -0.25) is 14.5 Å². The monoisotopic (exact) mass is 558 g/mol. The second-order valence-electron chi connectivity index (χ2n) is 10.2. The zero-order valence-corrected chi connectivity index (χ0v) is 22.6. The van der Waals surface area contributed by atoms with E-state index in [9.17, 15) is 23.9 Å². The molecule has 2 atom stereocenters. The average molecular weight is 559 g/mol. The highest BCUT2D eigenvalue weighted by Crippen LogP contribution is 2.35. The van der Waals surface area contributed by atoms with Gasteiger partial charge < -0.3 is 35.3 Å². The summed E-state index contributed by atoms with van der Waals surface area (Å²) in [4.78, 5) is 42.6. The number of aromatic amines is 1. The summed E-state index contributed by atoms with van der Waals surface area (Å²) in [5, 5.41) is 29.2. The van der Waals surface area contributed by atoms with Gasteiger partial charge in [0.2, 0.25) is 0 Å². The Morgan fingerprint density at radius 2 is 1.88 bits per heavy atom. The molecule has 5 rings (SSSR count). The predicted molar refractivity (Wildman–Crippen MR) is 145 cm³/mol. The molecule has 11 nitrogen and oxygen atoms in total. The third-order valence-electron chi connectivity index (χ3n) is 7.14. The van der Waals surface area contributed by atoms with Crippen LogP contribution in [0.15, 0.2) is 18.2 Å². The molecule has 3 aliphatic rings. The Kier molecular flexibility index (Phi) is 9.36. The number of carbonyl (C=O) groups is 3. The van der Waals surface area contributed by atoms with E-state index in [1.165, 1.54) is 19.1 Å². The number of fused-ring (bicyclic) bond motifs is 2. The average Bonchev–Trinajstić information content (AvgIpc) is 3.33. The number of rotatable bonds is 6. The second-order valence-corrected chi connectivity index (χ2v) is 10.2. The molecule has 0 aliphatic carbocycles. The molecule has 12 heteroatoms. The summed E-state index contributed by atoms with van der Waals surface area (Å²) in [5.74, 6) is -2.02.